The summed E-state index contributed by atoms with van der Waals surface area (Å²) in [6.45, 7) is -13.1. The van der Waals surface area contributed by atoms with E-state index in [9.17, 15) is 252 Å². The van der Waals surface area contributed by atoms with Gasteiger partial charge < -0.3 is 43.7 Å². The lowest BCUT2D eigenvalue weighted by Gasteiger charge is -2.37. The Morgan fingerprint density at radius 2 is 0.333 bits per heavy atom. The van der Waals surface area contributed by atoms with Gasteiger partial charge in [-0.3, -0.25) is 0 Å². The van der Waals surface area contributed by atoms with E-state index in [1.165, 1.54) is 16.4 Å². The van der Waals surface area contributed by atoms with Crippen LogP contribution in [0.1, 0.15) is 6.92 Å². The highest BCUT2D eigenvalue weighted by molar-refractivity contribution is 5.42. The van der Waals surface area contributed by atoms with Gasteiger partial charge in [-0.2, -0.15) is 237 Å². The lowest BCUT2D eigenvalue weighted by molar-refractivity contribution is -0.595. The molecule has 0 saturated heterocycles. The largest absolute Gasteiger partial charge is 0.491 e. The molecular weight excluding hydrogens is 1900 g/mol. The van der Waals surface area contributed by atoms with Gasteiger partial charge in [0, 0.05) is 24.8 Å². The van der Waals surface area contributed by atoms with E-state index in [1.54, 1.807) is 0 Å². The van der Waals surface area contributed by atoms with Gasteiger partial charge in [-0.1, -0.05) is 0 Å². The third kappa shape index (κ3) is 28.8. The van der Waals surface area contributed by atoms with Crippen LogP contribution in [-0.4, -0.2) is 252 Å². The topological polar surface area (TPSA) is 227 Å². The Balaban J connectivity index is 3.21. The highest BCUT2D eigenvalue weighted by Crippen LogP contribution is 2.59. The minimum Gasteiger partial charge on any atom is -0.491 e. The summed E-state index contributed by atoms with van der Waals surface area (Å²) in [6.07, 6.45) is -215. The predicted octanol–water partition coefficient (Wildman–Crippen LogP) is 16.5. The molecule has 3 N–H and O–H groups in total. The third-order valence-electron chi connectivity index (χ3n) is 11.0. The molecule has 0 aromatic heterocycles. The number of rotatable bonds is 54. The molecule has 120 heavy (non-hydrogen) atoms. The molecule has 0 aliphatic carbocycles. The SMILES string of the molecule is CCOCC(O)COc1cc(OCC(O)COCC(F)(F)OC(F)(F)C(F)(F)OC(F)(F)C(F)(F)OC(F)(F)C(F)(F)OC(F)(F)C(F)(F)OC(F)(F)C(F)(F)OC(F)(F)C(F)(F)F)cc(OCC(O)COCC(F)(F)OC(F)(F)C(F)(F)OC(F)(F)C(F)(F)OC(F)(F)C(F)(F)OC(F)(F)C(F)(F)OC(F)(F)C(F)(F)OC(F)(F)C(F)(F)F)c1. The van der Waals surface area contributed by atoms with Crippen LogP contribution < -0.4 is 14.2 Å². The summed E-state index contributed by atoms with van der Waals surface area (Å²) < 4.78 is 775. The van der Waals surface area contributed by atoms with Crippen LogP contribution >= 0.6 is 0 Å². The number of ether oxygens (including phenoxy) is 18. The molecule has 0 spiro atoms. The Kier molecular flexibility index (Phi) is 33.9. The Labute approximate surface area is 617 Å². The second-order valence-electron chi connectivity index (χ2n) is 21.1. The number of benzene rings is 1. The van der Waals surface area contributed by atoms with Crippen LogP contribution in [-0.2, 0) is 71.1 Å². The number of alkyl halides is 54. The monoisotopic (exact) mass is 1930 g/mol. The molecule has 1 aromatic carbocycles. The molecule has 0 saturated carbocycles. The van der Waals surface area contributed by atoms with Crippen molar-refractivity contribution in [1.29, 1.82) is 0 Å². The summed E-state index contributed by atoms with van der Waals surface area (Å²) >= 11 is 0. The molecule has 714 valence electrons. The molecule has 0 amide bonds. The number of aliphatic hydroxyl groups is 3. The predicted molar refractivity (Wildman–Crippen MR) is 243 cm³/mol. The quantitative estimate of drug-likeness (QED) is 0.0515. The van der Waals surface area contributed by atoms with Crippen LogP contribution in [0.3, 0.4) is 0 Å². The van der Waals surface area contributed by atoms with E-state index in [-0.39, 0.29) is 6.61 Å². The fourth-order valence-electron chi connectivity index (χ4n) is 5.75. The van der Waals surface area contributed by atoms with E-state index in [0.717, 1.165) is 37.9 Å². The zero-order valence-corrected chi connectivity index (χ0v) is 54.4. The summed E-state index contributed by atoms with van der Waals surface area (Å²) in [5.74, 6) is -2.42. The van der Waals surface area contributed by atoms with E-state index < -0.39 is 247 Å². The first kappa shape index (κ1) is 112. The molecule has 1 aromatic rings. The van der Waals surface area contributed by atoms with Gasteiger partial charge in [0.1, 0.15) is 68.6 Å². The van der Waals surface area contributed by atoms with Gasteiger partial charge in [0.05, 0.1) is 19.8 Å². The molecule has 0 aliphatic heterocycles. The third-order valence-corrected chi connectivity index (χ3v) is 11.0. The number of hydrogen-bond donors (Lipinski definition) is 3. The first-order valence-corrected chi connectivity index (χ1v) is 27.7. The number of aliphatic hydroxyl groups excluding tert-OH is 3. The highest BCUT2D eigenvalue weighted by Gasteiger charge is 2.84. The first-order valence-electron chi connectivity index (χ1n) is 27.7. The number of hydrogen-bond acceptors (Lipinski definition) is 21. The summed E-state index contributed by atoms with van der Waals surface area (Å²) in [7, 11) is 0. The second-order valence-corrected chi connectivity index (χ2v) is 21.1. The van der Waals surface area contributed by atoms with Crippen LogP contribution in [0.4, 0.5) is 237 Å². The van der Waals surface area contributed by atoms with Gasteiger partial charge in [0.15, 0.2) is 0 Å². The van der Waals surface area contributed by atoms with Gasteiger partial charge in [-0.05, 0) is 6.92 Å². The van der Waals surface area contributed by atoms with Crippen LogP contribution in [0.2, 0.25) is 0 Å². The number of halogens is 54. The van der Waals surface area contributed by atoms with Crippen molar-refractivity contribution in [1.82, 2.24) is 0 Å². The molecule has 0 fully saturated rings. The van der Waals surface area contributed by atoms with Gasteiger partial charge >= 0.3 is 159 Å². The van der Waals surface area contributed by atoms with E-state index in [4.69, 9.17) is 18.9 Å². The molecule has 0 radical (unpaired) electrons. The van der Waals surface area contributed by atoms with Crippen LogP contribution in [0.25, 0.3) is 0 Å². The second kappa shape index (κ2) is 36.2. The first-order chi connectivity index (χ1) is 52.3. The summed E-state index contributed by atoms with van der Waals surface area (Å²) in [4.78, 5) is 0. The van der Waals surface area contributed by atoms with E-state index >= 15 is 0 Å². The minimum atomic E-state index is -8.49. The summed E-state index contributed by atoms with van der Waals surface area (Å²) in [5.41, 5.74) is 0. The molecule has 3 atom stereocenters. The van der Waals surface area contributed by atoms with Crippen molar-refractivity contribution < 1.29 is 338 Å². The normalized spacial score (nSPS) is 16.4. The average molecular weight is 1930 g/mol. The molecule has 21 nitrogen and oxygen atoms in total. The van der Waals surface area contributed by atoms with E-state index in [2.05, 4.69) is 18.9 Å². The van der Waals surface area contributed by atoms with E-state index in [0.29, 0.717) is 18.2 Å². The Morgan fingerprint density at radius 3 is 0.475 bits per heavy atom. The standard InChI is InChI=1S/C45H30F54O21/c1-2-103-6-14(100)9-106-17-3-18(107-10-15(101)7-104-12-20(46,47)109-26(60,61)28(64,65)113-34(76,77)36(80,81)117-42(92,93)44(96,97)119-40(88,89)38(84,85)115-32(72,73)30(68,69)111-24(56,57)22(50,51)52)5-19(4-17)108-11-16(102)8-105-13-21(48,49)110-27(62,63)29(66,67)114-35(78,79)37(82,83)118-43(94,95)45(98,99)120-41(90,91)39(86,87)116-33(74,75)31(70,71)112-25(58,59)23(53,54)55/h3-5,14-16,100-102H,2,6-13H2,1H3. The van der Waals surface area contributed by atoms with Gasteiger partial charge in [-0.25, -0.2) is 56.8 Å². The van der Waals surface area contributed by atoms with Crippen molar-refractivity contribution in [2.24, 2.45) is 0 Å². The summed E-state index contributed by atoms with van der Waals surface area (Å²) in [6, 6.07) is 1.70. The zero-order valence-electron chi connectivity index (χ0n) is 54.4. The van der Waals surface area contributed by atoms with Crippen molar-refractivity contribution in [2.45, 2.75) is 184 Å². The maximum absolute atomic E-state index is 14.2. The highest BCUT2D eigenvalue weighted by atomic mass is 19.5. The molecule has 75 heteroatoms. The zero-order chi connectivity index (χ0) is 95.7. The molecule has 0 bridgehead atoms. The molecule has 1 rings (SSSR count). The van der Waals surface area contributed by atoms with Gasteiger partial charge in [-0.15, -0.1) is 0 Å². The van der Waals surface area contributed by atoms with Gasteiger partial charge in [0.2, 0.25) is 0 Å². The maximum Gasteiger partial charge on any atom is 0.483 e. The van der Waals surface area contributed by atoms with Crippen molar-refractivity contribution in [3.8, 4) is 17.2 Å². The molecule has 0 aliphatic rings. The van der Waals surface area contributed by atoms with Crippen molar-refractivity contribution in [3.63, 3.8) is 0 Å². The Bertz CT molecular complexity index is 3210. The lowest BCUT2D eigenvalue weighted by Crippen LogP contribution is -2.62. The van der Waals surface area contributed by atoms with Crippen LogP contribution in [0, 0.1) is 0 Å². The van der Waals surface area contributed by atoms with E-state index in [1.807, 2.05) is 0 Å². The Hall–Kier alpha value is -5.88. The average Bonchev–Trinajstić information content (AvgIpc) is 0.692. The van der Waals surface area contributed by atoms with Crippen LogP contribution in [0.15, 0.2) is 18.2 Å². The van der Waals surface area contributed by atoms with Crippen molar-refractivity contribution in [3.05, 3.63) is 18.2 Å². The molecule has 3 unspecified atom stereocenters. The molecular formula is C45H30F54O21. The summed E-state index contributed by atoms with van der Waals surface area (Å²) in [5, 5.41) is 30.1. The maximum atomic E-state index is 14.2. The van der Waals surface area contributed by atoms with Crippen molar-refractivity contribution >= 4 is 0 Å². The van der Waals surface area contributed by atoms with Crippen molar-refractivity contribution in [2.75, 3.05) is 59.5 Å². The fourth-order valence-corrected chi connectivity index (χ4v) is 5.75. The smallest absolute Gasteiger partial charge is 0.483 e. The minimum absolute atomic E-state index is 0.104. The van der Waals surface area contributed by atoms with Crippen LogP contribution in [0.5, 0.6) is 17.2 Å². The fraction of sp³-hybridized carbons (Fsp3) is 0.867. The lowest BCUT2D eigenvalue weighted by atomic mass is 10.3. The Morgan fingerprint density at radius 1 is 0.200 bits per heavy atom. The van der Waals surface area contributed by atoms with Gasteiger partial charge in [0.25, 0.3) is 0 Å². The molecule has 0 heterocycles.